The zero-order chi connectivity index (χ0) is 15.7. The van der Waals surface area contributed by atoms with Crippen LogP contribution in [-0.2, 0) is 0 Å². The molecule has 0 aliphatic rings. The molecule has 0 saturated carbocycles. The van der Waals surface area contributed by atoms with Gasteiger partial charge in [-0.05, 0) is 53.1 Å². The second-order valence-corrected chi connectivity index (χ2v) is 5.26. The quantitative estimate of drug-likeness (QED) is 0.768. The van der Waals surface area contributed by atoms with Gasteiger partial charge in [0.15, 0.2) is 0 Å². The highest BCUT2D eigenvalue weighted by molar-refractivity contribution is 5.94. The standard InChI is InChI=1S/C18H15NO3.ClH/c1-11-6-7-19-10-16(11)17(20)14-4-2-13-9-15(18(21)22)5-3-12(13)8-14;/h2-10,17,20H,1H3,(H,21,22);1H. The van der Waals surface area contributed by atoms with Gasteiger partial charge in [-0.3, -0.25) is 4.98 Å². The van der Waals surface area contributed by atoms with Gasteiger partial charge in [-0.1, -0.05) is 18.2 Å². The Morgan fingerprint density at radius 1 is 1.09 bits per heavy atom. The molecule has 1 heterocycles. The average Bonchev–Trinajstić information content (AvgIpc) is 2.53. The fraction of sp³-hybridized carbons (Fsp3) is 0.111. The zero-order valence-corrected chi connectivity index (χ0v) is 13.2. The number of fused-ring (bicyclic) bond motifs is 1. The van der Waals surface area contributed by atoms with Crippen LogP contribution in [0.4, 0.5) is 0 Å². The van der Waals surface area contributed by atoms with Gasteiger partial charge < -0.3 is 10.2 Å². The van der Waals surface area contributed by atoms with Crippen molar-refractivity contribution in [2.24, 2.45) is 0 Å². The molecule has 2 aromatic carbocycles. The highest BCUT2D eigenvalue weighted by Crippen LogP contribution is 2.27. The number of aliphatic hydroxyl groups excluding tert-OH is 1. The van der Waals surface area contributed by atoms with Crippen molar-refractivity contribution < 1.29 is 15.0 Å². The van der Waals surface area contributed by atoms with Crippen LogP contribution in [0.2, 0.25) is 0 Å². The molecule has 4 nitrogen and oxygen atoms in total. The Bertz CT molecular complexity index is 864. The van der Waals surface area contributed by atoms with Gasteiger partial charge in [-0.2, -0.15) is 0 Å². The lowest BCUT2D eigenvalue weighted by molar-refractivity contribution is 0.0697. The molecule has 0 aliphatic carbocycles. The first kappa shape index (κ1) is 16.9. The minimum Gasteiger partial charge on any atom is -0.478 e. The van der Waals surface area contributed by atoms with Crippen LogP contribution in [0.25, 0.3) is 10.8 Å². The van der Waals surface area contributed by atoms with Crippen molar-refractivity contribution in [3.63, 3.8) is 0 Å². The molecule has 118 valence electrons. The first-order valence-electron chi connectivity index (χ1n) is 6.92. The maximum absolute atomic E-state index is 11.0. The van der Waals surface area contributed by atoms with Crippen LogP contribution in [-0.4, -0.2) is 21.2 Å². The minimum atomic E-state index is -0.947. The normalized spacial score (nSPS) is 11.7. The maximum atomic E-state index is 11.0. The number of carbonyl (C=O) groups is 1. The smallest absolute Gasteiger partial charge is 0.335 e. The summed E-state index contributed by atoms with van der Waals surface area (Å²) in [5.74, 6) is -0.947. The molecule has 0 spiro atoms. The van der Waals surface area contributed by atoms with E-state index in [1.165, 1.54) is 0 Å². The monoisotopic (exact) mass is 329 g/mol. The molecule has 0 amide bonds. The predicted molar refractivity (Wildman–Crippen MR) is 91.2 cm³/mol. The molecule has 0 bridgehead atoms. The molecule has 1 atom stereocenters. The van der Waals surface area contributed by atoms with Gasteiger partial charge in [-0.15, -0.1) is 12.4 Å². The fourth-order valence-corrected chi connectivity index (χ4v) is 2.51. The van der Waals surface area contributed by atoms with E-state index in [1.807, 2.05) is 31.2 Å². The van der Waals surface area contributed by atoms with Gasteiger partial charge in [0.25, 0.3) is 0 Å². The summed E-state index contributed by atoms with van der Waals surface area (Å²) in [5.41, 5.74) is 2.75. The first-order chi connectivity index (χ1) is 10.6. The number of nitrogens with zero attached hydrogens (tertiary/aromatic N) is 1. The molecule has 0 aliphatic heterocycles. The Kier molecular flexibility index (Phi) is 4.98. The SMILES string of the molecule is Cc1ccncc1C(O)c1ccc2cc(C(=O)O)ccc2c1.Cl. The number of halogens is 1. The number of carboxylic acids is 1. The molecule has 0 radical (unpaired) electrons. The molecule has 0 saturated heterocycles. The number of hydrogen-bond donors (Lipinski definition) is 2. The Hall–Kier alpha value is -2.43. The van der Waals surface area contributed by atoms with Crippen LogP contribution in [0.1, 0.15) is 33.2 Å². The van der Waals surface area contributed by atoms with Crippen molar-refractivity contribution in [2.45, 2.75) is 13.0 Å². The zero-order valence-electron chi connectivity index (χ0n) is 12.4. The average molecular weight is 330 g/mol. The first-order valence-corrected chi connectivity index (χ1v) is 6.92. The number of rotatable bonds is 3. The number of pyridine rings is 1. The summed E-state index contributed by atoms with van der Waals surface area (Å²) in [4.78, 5) is 15.1. The van der Waals surface area contributed by atoms with Gasteiger partial charge in [0.1, 0.15) is 6.10 Å². The van der Waals surface area contributed by atoms with E-state index in [-0.39, 0.29) is 18.0 Å². The van der Waals surface area contributed by atoms with Crippen LogP contribution in [0, 0.1) is 6.92 Å². The molecule has 2 N–H and O–H groups in total. The second-order valence-electron chi connectivity index (χ2n) is 5.26. The largest absolute Gasteiger partial charge is 0.478 e. The predicted octanol–water partition coefficient (Wildman–Crippen LogP) is 3.74. The van der Waals surface area contributed by atoms with E-state index in [1.54, 1.807) is 30.6 Å². The number of hydrogen-bond acceptors (Lipinski definition) is 3. The summed E-state index contributed by atoms with van der Waals surface area (Å²) < 4.78 is 0. The molecular weight excluding hydrogens is 314 g/mol. The van der Waals surface area contributed by atoms with Crippen LogP contribution in [0.15, 0.2) is 54.9 Å². The van der Waals surface area contributed by atoms with E-state index < -0.39 is 12.1 Å². The summed E-state index contributed by atoms with van der Waals surface area (Å²) in [5, 5.41) is 21.3. The van der Waals surface area contributed by atoms with E-state index in [2.05, 4.69) is 4.98 Å². The lowest BCUT2D eigenvalue weighted by Gasteiger charge is -2.14. The second kappa shape index (κ2) is 6.77. The third-order valence-corrected chi connectivity index (χ3v) is 3.80. The van der Waals surface area contributed by atoms with E-state index in [9.17, 15) is 9.90 Å². The number of aryl methyl sites for hydroxylation is 1. The van der Waals surface area contributed by atoms with Gasteiger partial charge >= 0.3 is 5.97 Å². The van der Waals surface area contributed by atoms with Gasteiger partial charge in [-0.25, -0.2) is 4.79 Å². The van der Waals surface area contributed by atoms with E-state index in [4.69, 9.17) is 5.11 Å². The summed E-state index contributed by atoms with van der Waals surface area (Å²) >= 11 is 0. The highest BCUT2D eigenvalue weighted by Gasteiger charge is 2.14. The summed E-state index contributed by atoms with van der Waals surface area (Å²) in [7, 11) is 0. The molecule has 3 aromatic rings. The van der Waals surface area contributed by atoms with Crippen LogP contribution >= 0.6 is 12.4 Å². The van der Waals surface area contributed by atoms with Gasteiger partial charge in [0, 0.05) is 18.0 Å². The number of benzene rings is 2. The van der Waals surface area contributed by atoms with Crippen molar-refractivity contribution in [2.75, 3.05) is 0 Å². The fourth-order valence-electron chi connectivity index (χ4n) is 2.51. The molecule has 1 unspecified atom stereocenters. The maximum Gasteiger partial charge on any atom is 0.335 e. The van der Waals surface area contributed by atoms with Crippen LogP contribution < -0.4 is 0 Å². The van der Waals surface area contributed by atoms with Crippen molar-refractivity contribution in [3.8, 4) is 0 Å². The lowest BCUT2D eigenvalue weighted by atomic mass is 9.96. The Morgan fingerprint density at radius 2 is 1.78 bits per heavy atom. The van der Waals surface area contributed by atoms with Crippen molar-refractivity contribution in [1.29, 1.82) is 0 Å². The number of aliphatic hydroxyl groups is 1. The number of carboxylic acid groups (broad SMARTS) is 1. The number of aromatic nitrogens is 1. The van der Waals surface area contributed by atoms with Gasteiger partial charge in [0.2, 0.25) is 0 Å². The van der Waals surface area contributed by atoms with Crippen LogP contribution in [0.5, 0.6) is 0 Å². The van der Waals surface area contributed by atoms with Crippen LogP contribution in [0.3, 0.4) is 0 Å². The van der Waals surface area contributed by atoms with E-state index in [0.29, 0.717) is 0 Å². The number of aromatic carboxylic acids is 1. The Balaban J connectivity index is 0.00000192. The summed E-state index contributed by atoms with van der Waals surface area (Å²) in [6.07, 6.45) is 2.61. The van der Waals surface area contributed by atoms with E-state index >= 15 is 0 Å². The van der Waals surface area contributed by atoms with Crippen molar-refractivity contribution >= 4 is 29.1 Å². The molecular formula is C18H16ClNO3. The highest BCUT2D eigenvalue weighted by atomic mass is 35.5. The Morgan fingerprint density at radius 3 is 2.48 bits per heavy atom. The summed E-state index contributed by atoms with van der Waals surface area (Å²) in [6, 6.07) is 12.3. The Labute approximate surface area is 139 Å². The lowest BCUT2D eigenvalue weighted by Crippen LogP contribution is -2.02. The van der Waals surface area contributed by atoms with Crippen molar-refractivity contribution in [3.05, 3.63) is 77.1 Å². The van der Waals surface area contributed by atoms with E-state index in [0.717, 1.165) is 27.5 Å². The van der Waals surface area contributed by atoms with Gasteiger partial charge in [0.05, 0.1) is 5.56 Å². The topological polar surface area (TPSA) is 70.4 Å². The molecule has 0 fully saturated rings. The molecule has 23 heavy (non-hydrogen) atoms. The minimum absolute atomic E-state index is 0. The third kappa shape index (κ3) is 3.33. The molecule has 3 rings (SSSR count). The third-order valence-electron chi connectivity index (χ3n) is 3.80. The molecule has 1 aromatic heterocycles. The molecule has 5 heteroatoms. The van der Waals surface area contributed by atoms with Crippen molar-refractivity contribution in [1.82, 2.24) is 4.98 Å². The summed E-state index contributed by atoms with van der Waals surface area (Å²) in [6.45, 7) is 1.93.